The van der Waals surface area contributed by atoms with Crippen molar-refractivity contribution in [3.63, 3.8) is 0 Å². The second kappa shape index (κ2) is 8.33. The number of anilines is 1. The van der Waals surface area contributed by atoms with E-state index < -0.39 is 0 Å². The quantitative estimate of drug-likeness (QED) is 0.622. The number of ether oxygens (including phenoxy) is 1. The molecule has 0 aliphatic rings. The summed E-state index contributed by atoms with van der Waals surface area (Å²) in [7, 11) is 1.62. The zero-order chi connectivity index (χ0) is 17.6. The van der Waals surface area contributed by atoms with Gasteiger partial charge in [0.05, 0.1) is 23.6 Å². The minimum Gasteiger partial charge on any atom is -0.497 e. The maximum atomic E-state index is 12.1. The van der Waals surface area contributed by atoms with Crippen molar-refractivity contribution >= 4 is 46.5 Å². The number of methoxy groups -OCH3 is 1. The van der Waals surface area contributed by atoms with Crippen molar-refractivity contribution in [3.05, 3.63) is 53.6 Å². The van der Waals surface area contributed by atoms with Crippen LogP contribution in [0.15, 0.2) is 52.7 Å². The largest absolute Gasteiger partial charge is 0.497 e. The molecule has 8 heteroatoms. The number of benzene rings is 2. The fourth-order valence-electron chi connectivity index (χ4n) is 2.08. The van der Waals surface area contributed by atoms with Gasteiger partial charge in [-0.25, -0.2) is 0 Å². The van der Waals surface area contributed by atoms with Crippen LogP contribution in [0.5, 0.6) is 5.75 Å². The van der Waals surface area contributed by atoms with Crippen molar-refractivity contribution < 1.29 is 9.53 Å². The zero-order valence-corrected chi connectivity index (χ0v) is 15.6. The Labute approximate surface area is 158 Å². The fraction of sp³-hybridized carbons (Fsp3) is 0.118. The summed E-state index contributed by atoms with van der Waals surface area (Å²) in [5.74, 6) is 0.894. The topological polar surface area (TPSA) is 64.1 Å². The molecule has 0 aliphatic carbocycles. The molecule has 1 aromatic heterocycles. The van der Waals surface area contributed by atoms with E-state index in [1.807, 2.05) is 36.4 Å². The molecule has 1 amide bonds. The Bertz CT molecular complexity index is 868. The number of thioether (sulfide) groups is 1. The monoisotopic (exact) mass is 391 g/mol. The molecule has 0 saturated heterocycles. The van der Waals surface area contributed by atoms with Crippen LogP contribution in [0.1, 0.15) is 0 Å². The molecule has 0 fully saturated rings. The van der Waals surface area contributed by atoms with Crippen LogP contribution in [0, 0.1) is 0 Å². The van der Waals surface area contributed by atoms with E-state index in [2.05, 4.69) is 14.9 Å². The van der Waals surface area contributed by atoms with Gasteiger partial charge in [-0.1, -0.05) is 28.2 Å². The van der Waals surface area contributed by atoms with Gasteiger partial charge in [0.15, 0.2) is 0 Å². The summed E-state index contributed by atoms with van der Waals surface area (Å²) in [6.07, 6.45) is 0. The lowest BCUT2D eigenvalue weighted by Crippen LogP contribution is -2.14. The predicted molar refractivity (Wildman–Crippen MR) is 103 cm³/mol. The summed E-state index contributed by atoms with van der Waals surface area (Å²) in [5, 5.41) is 7.49. The molecule has 0 atom stereocenters. The molecule has 5 nitrogen and oxygen atoms in total. The first-order valence-corrected chi connectivity index (χ1v) is 9.45. The van der Waals surface area contributed by atoms with Crippen LogP contribution < -0.4 is 10.1 Å². The Morgan fingerprint density at radius 1 is 1.24 bits per heavy atom. The van der Waals surface area contributed by atoms with Gasteiger partial charge in [0.2, 0.25) is 5.91 Å². The standard InChI is InChI=1S/C17H14ClN3O2S2/c1-23-12-8-6-11(7-9-12)16-17(25-21-20-16)24-10-15(22)19-14-5-3-2-4-13(14)18/h2-9H,10H2,1H3,(H,19,22). The van der Waals surface area contributed by atoms with E-state index in [0.29, 0.717) is 10.7 Å². The summed E-state index contributed by atoms with van der Waals surface area (Å²) in [6.45, 7) is 0. The molecule has 0 aliphatic heterocycles. The lowest BCUT2D eigenvalue weighted by atomic mass is 10.2. The van der Waals surface area contributed by atoms with Gasteiger partial charge in [-0.3, -0.25) is 4.79 Å². The highest BCUT2D eigenvalue weighted by Gasteiger charge is 2.14. The van der Waals surface area contributed by atoms with Crippen molar-refractivity contribution in [1.82, 2.24) is 9.59 Å². The Morgan fingerprint density at radius 3 is 2.72 bits per heavy atom. The smallest absolute Gasteiger partial charge is 0.234 e. The summed E-state index contributed by atoms with van der Waals surface area (Å²) in [5.41, 5.74) is 2.30. The van der Waals surface area contributed by atoms with Crippen LogP contribution in [0.2, 0.25) is 5.02 Å². The van der Waals surface area contributed by atoms with Crippen LogP contribution in [-0.2, 0) is 4.79 Å². The molecule has 0 bridgehead atoms. The number of carbonyl (C=O) groups is 1. The highest BCUT2D eigenvalue weighted by Crippen LogP contribution is 2.33. The number of hydrogen-bond donors (Lipinski definition) is 1. The molecular formula is C17H14ClN3O2S2. The number of carbonyl (C=O) groups excluding carboxylic acids is 1. The van der Waals surface area contributed by atoms with Crippen molar-refractivity contribution in [3.8, 4) is 17.0 Å². The van der Waals surface area contributed by atoms with Gasteiger partial charge in [-0.2, -0.15) is 0 Å². The predicted octanol–water partition coefficient (Wildman–Crippen LogP) is 4.60. The molecule has 25 heavy (non-hydrogen) atoms. The zero-order valence-electron chi connectivity index (χ0n) is 13.2. The van der Waals surface area contributed by atoms with Gasteiger partial charge >= 0.3 is 0 Å². The van der Waals surface area contributed by atoms with Crippen LogP contribution in [0.25, 0.3) is 11.3 Å². The SMILES string of the molecule is COc1ccc(-c2nnsc2SCC(=O)Nc2ccccc2Cl)cc1. The number of nitrogens with one attached hydrogen (secondary N) is 1. The molecule has 0 radical (unpaired) electrons. The number of amides is 1. The summed E-state index contributed by atoms with van der Waals surface area (Å²) < 4.78 is 10.1. The minimum atomic E-state index is -0.132. The average Bonchev–Trinajstić information content (AvgIpc) is 3.10. The Kier molecular flexibility index (Phi) is 5.91. The normalized spacial score (nSPS) is 10.5. The summed E-state index contributed by atoms with van der Waals surface area (Å²) >= 11 is 8.72. The number of hydrogen-bond acceptors (Lipinski definition) is 6. The van der Waals surface area contributed by atoms with Crippen LogP contribution >= 0.6 is 34.9 Å². The van der Waals surface area contributed by atoms with Gasteiger partial charge in [-0.05, 0) is 47.9 Å². The number of halogens is 1. The van der Waals surface area contributed by atoms with Gasteiger partial charge < -0.3 is 10.1 Å². The lowest BCUT2D eigenvalue weighted by molar-refractivity contribution is -0.113. The van der Waals surface area contributed by atoms with Gasteiger partial charge in [0, 0.05) is 5.56 Å². The van der Waals surface area contributed by atoms with Gasteiger partial charge in [-0.15, -0.1) is 16.9 Å². The maximum Gasteiger partial charge on any atom is 0.234 e. The molecule has 0 saturated carbocycles. The second-order valence-corrected chi connectivity index (χ2v) is 7.36. The maximum absolute atomic E-state index is 12.1. The molecule has 0 spiro atoms. The first kappa shape index (κ1) is 17.7. The van der Waals surface area contributed by atoms with Gasteiger partial charge in [0.1, 0.15) is 15.7 Å². The van der Waals surface area contributed by atoms with E-state index in [0.717, 1.165) is 21.2 Å². The van der Waals surface area contributed by atoms with Crippen LogP contribution in [-0.4, -0.2) is 28.4 Å². The Morgan fingerprint density at radius 2 is 2.00 bits per heavy atom. The van der Waals surface area contributed by atoms with Crippen molar-refractivity contribution in [1.29, 1.82) is 0 Å². The summed E-state index contributed by atoms with van der Waals surface area (Å²) in [4.78, 5) is 12.1. The molecule has 3 rings (SSSR count). The molecule has 1 N–H and O–H groups in total. The minimum absolute atomic E-state index is 0.132. The Hall–Kier alpha value is -2.09. The van der Waals surface area contributed by atoms with E-state index in [4.69, 9.17) is 16.3 Å². The molecule has 3 aromatic rings. The fourth-order valence-corrected chi connectivity index (χ4v) is 3.82. The molecule has 0 unspecified atom stereocenters. The van der Waals surface area contributed by atoms with Crippen molar-refractivity contribution in [2.24, 2.45) is 0 Å². The first-order chi connectivity index (χ1) is 12.2. The molecule has 128 valence electrons. The number of rotatable bonds is 6. The van der Waals surface area contributed by atoms with Crippen molar-refractivity contribution in [2.45, 2.75) is 4.21 Å². The van der Waals surface area contributed by atoms with E-state index >= 15 is 0 Å². The number of nitrogens with zero attached hydrogens (tertiary/aromatic N) is 2. The second-order valence-electron chi connectivity index (χ2n) is 4.95. The van der Waals surface area contributed by atoms with Gasteiger partial charge in [0.25, 0.3) is 0 Å². The summed E-state index contributed by atoms with van der Waals surface area (Å²) in [6, 6.07) is 14.7. The van der Waals surface area contributed by atoms with Crippen LogP contribution in [0.3, 0.4) is 0 Å². The molecule has 2 aromatic carbocycles. The molecular weight excluding hydrogens is 378 g/mol. The van der Waals surface area contributed by atoms with E-state index in [1.54, 1.807) is 19.2 Å². The van der Waals surface area contributed by atoms with Crippen molar-refractivity contribution in [2.75, 3.05) is 18.2 Å². The first-order valence-electron chi connectivity index (χ1n) is 7.31. The van der Waals surface area contributed by atoms with Crippen LogP contribution in [0.4, 0.5) is 5.69 Å². The lowest BCUT2D eigenvalue weighted by Gasteiger charge is -2.06. The Balaban J connectivity index is 1.65. The number of aromatic nitrogens is 2. The van der Waals surface area contributed by atoms with E-state index in [1.165, 1.54) is 23.3 Å². The third-order valence-corrected chi connectivity index (χ3v) is 5.59. The third-order valence-electron chi connectivity index (χ3n) is 3.30. The highest BCUT2D eigenvalue weighted by molar-refractivity contribution is 8.01. The van der Waals surface area contributed by atoms with E-state index in [-0.39, 0.29) is 11.7 Å². The van der Waals surface area contributed by atoms with E-state index in [9.17, 15) is 4.79 Å². The highest BCUT2D eigenvalue weighted by atomic mass is 35.5. The third kappa shape index (κ3) is 4.50. The molecule has 1 heterocycles. The average molecular weight is 392 g/mol. The number of para-hydroxylation sites is 1.